The topological polar surface area (TPSA) is 27.7 Å². The van der Waals surface area contributed by atoms with Crippen LogP contribution in [0.4, 0.5) is 0 Å². The highest BCUT2D eigenvalue weighted by atomic mass is 16.7. The zero-order chi connectivity index (χ0) is 15.7. The van der Waals surface area contributed by atoms with Gasteiger partial charge in [-0.05, 0) is 52.1 Å². The van der Waals surface area contributed by atoms with Crippen LogP contribution >= 0.6 is 0 Å². The molecule has 1 aliphatic rings. The highest BCUT2D eigenvalue weighted by Gasteiger charge is 2.52. The van der Waals surface area contributed by atoms with E-state index in [9.17, 15) is 0 Å². The van der Waals surface area contributed by atoms with E-state index >= 15 is 0 Å². The Balaban J connectivity index is 2.18. The van der Waals surface area contributed by atoms with Crippen molar-refractivity contribution in [2.24, 2.45) is 0 Å². The molecule has 1 fully saturated rings. The molecule has 1 saturated heterocycles. The molecule has 1 atom stereocenters. The van der Waals surface area contributed by atoms with Gasteiger partial charge in [0.25, 0.3) is 0 Å². The predicted molar refractivity (Wildman–Crippen MR) is 86.7 cm³/mol. The maximum absolute atomic E-state index is 6.15. The Morgan fingerprint density at radius 3 is 2.24 bits per heavy atom. The van der Waals surface area contributed by atoms with Crippen molar-refractivity contribution in [2.75, 3.05) is 0 Å². The van der Waals surface area contributed by atoms with E-state index in [4.69, 9.17) is 14.0 Å². The van der Waals surface area contributed by atoms with Crippen LogP contribution in [0.2, 0.25) is 0 Å². The minimum Gasteiger partial charge on any atom is -0.399 e. The van der Waals surface area contributed by atoms with Gasteiger partial charge in [-0.3, -0.25) is 0 Å². The molecular weight excluding hydrogens is 263 g/mol. The molecule has 21 heavy (non-hydrogen) atoms. The molecule has 0 radical (unpaired) electrons. The summed E-state index contributed by atoms with van der Waals surface area (Å²) in [4.78, 5) is 0. The van der Waals surface area contributed by atoms with Crippen molar-refractivity contribution >= 4 is 12.6 Å². The monoisotopic (exact) mass is 290 g/mol. The van der Waals surface area contributed by atoms with E-state index in [1.54, 1.807) is 0 Å². The zero-order valence-electron chi connectivity index (χ0n) is 14.1. The summed E-state index contributed by atoms with van der Waals surface area (Å²) in [7, 11) is -0.327. The molecule has 0 bridgehead atoms. The first-order valence-corrected chi connectivity index (χ1v) is 7.82. The summed E-state index contributed by atoms with van der Waals surface area (Å²) in [5.41, 5.74) is 1.57. The lowest BCUT2D eigenvalue weighted by molar-refractivity contribution is 0.00578. The first-order chi connectivity index (χ1) is 9.77. The molecule has 1 unspecified atom stereocenters. The number of rotatable bonds is 5. The largest absolute Gasteiger partial charge is 0.495 e. The molecule has 1 aliphatic heterocycles. The quantitative estimate of drug-likeness (QED) is 0.779. The van der Waals surface area contributed by atoms with E-state index < -0.39 is 0 Å². The van der Waals surface area contributed by atoms with Gasteiger partial charge in [0, 0.05) is 0 Å². The van der Waals surface area contributed by atoms with Crippen molar-refractivity contribution in [1.29, 1.82) is 0 Å². The molecule has 0 aliphatic carbocycles. The van der Waals surface area contributed by atoms with Gasteiger partial charge in [-0.1, -0.05) is 31.2 Å². The summed E-state index contributed by atoms with van der Waals surface area (Å²) in [6, 6.07) is 8.21. The summed E-state index contributed by atoms with van der Waals surface area (Å²) < 4.78 is 18.2. The zero-order valence-corrected chi connectivity index (χ0v) is 14.1. The van der Waals surface area contributed by atoms with Gasteiger partial charge in [0.1, 0.15) is 0 Å². The van der Waals surface area contributed by atoms with Crippen molar-refractivity contribution in [3.8, 4) is 0 Å². The van der Waals surface area contributed by atoms with Crippen LogP contribution in [0.25, 0.3) is 0 Å². The Morgan fingerprint density at radius 2 is 1.67 bits per heavy atom. The molecule has 0 N–H and O–H groups in total. The fourth-order valence-corrected chi connectivity index (χ4v) is 2.22. The van der Waals surface area contributed by atoms with E-state index in [0.29, 0.717) is 6.61 Å². The van der Waals surface area contributed by atoms with Gasteiger partial charge < -0.3 is 14.0 Å². The van der Waals surface area contributed by atoms with E-state index in [-0.39, 0.29) is 24.4 Å². The van der Waals surface area contributed by atoms with E-state index in [1.165, 1.54) is 0 Å². The standard InChI is InChI=1S/C17H27BO3/c1-7-13(2)19-12-14-10-8-9-11-15(14)18-20-16(3,4)17(5,6)21-18/h8-11,13H,7,12H2,1-6H3. The van der Waals surface area contributed by atoms with Crippen LogP contribution < -0.4 is 5.46 Å². The number of hydrogen-bond acceptors (Lipinski definition) is 3. The van der Waals surface area contributed by atoms with Gasteiger partial charge in [-0.15, -0.1) is 0 Å². The van der Waals surface area contributed by atoms with Crippen LogP contribution in [0.1, 0.15) is 53.5 Å². The van der Waals surface area contributed by atoms with Crippen molar-refractivity contribution in [3.63, 3.8) is 0 Å². The molecule has 1 aromatic rings. The van der Waals surface area contributed by atoms with Crippen LogP contribution in [-0.2, 0) is 20.7 Å². The Kier molecular flexibility index (Phi) is 4.81. The fraction of sp³-hybridized carbons (Fsp3) is 0.647. The van der Waals surface area contributed by atoms with Gasteiger partial charge in [0.05, 0.1) is 23.9 Å². The SMILES string of the molecule is CCC(C)OCc1ccccc1B1OC(C)(C)C(C)(C)O1. The summed E-state index contributed by atoms with van der Waals surface area (Å²) in [6.45, 7) is 13.1. The normalized spacial score (nSPS) is 21.5. The molecule has 3 nitrogen and oxygen atoms in total. The Bertz CT molecular complexity index is 469. The molecule has 116 valence electrons. The predicted octanol–water partition coefficient (Wildman–Crippen LogP) is 3.30. The minimum atomic E-state index is -0.327. The average molecular weight is 290 g/mol. The molecular formula is C17H27BO3. The molecule has 0 saturated carbocycles. The van der Waals surface area contributed by atoms with Crippen molar-refractivity contribution in [1.82, 2.24) is 0 Å². The van der Waals surface area contributed by atoms with Crippen LogP contribution in [0.5, 0.6) is 0 Å². The molecule has 2 rings (SSSR count). The van der Waals surface area contributed by atoms with Gasteiger partial charge in [0.15, 0.2) is 0 Å². The van der Waals surface area contributed by atoms with Crippen LogP contribution in [0.15, 0.2) is 24.3 Å². The third kappa shape index (κ3) is 3.50. The summed E-state index contributed by atoms with van der Waals surface area (Å²) in [6.07, 6.45) is 1.27. The molecule has 1 aromatic carbocycles. The average Bonchev–Trinajstić information content (AvgIpc) is 2.65. The lowest BCUT2D eigenvalue weighted by Gasteiger charge is -2.32. The number of benzene rings is 1. The lowest BCUT2D eigenvalue weighted by atomic mass is 9.76. The van der Waals surface area contributed by atoms with Crippen LogP contribution in [-0.4, -0.2) is 24.4 Å². The fourth-order valence-electron chi connectivity index (χ4n) is 2.22. The van der Waals surface area contributed by atoms with Crippen molar-refractivity contribution in [2.45, 2.75) is 71.9 Å². The minimum absolute atomic E-state index is 0.261. The second kappa shape index (κ2) is 6.11. The lowest BCUT2D eigenvalue weighted by Crippen LogP contribution is -2.41. The first kappa shape index (κ1) is 16.5. The smallest absolute Gasteiger partial charge is 0.399 e. The second-order valence-electron chi connectivity index (χ2n) is 6.82. The van der Waals surface area contributed by atoms with Crippen molar-refractivity contribution in [3.05, 3.63) is 29.8 Å². The van der Waals surface area contributed by atoms with Gasteiger partial charge >= 0.3 is 7.12 Å². The van der Waals surface area contributed by atoms with E-state index in [0.717, 1.165) is 17.4 Å². The highest BCUT2D eigenvalue weighted by Crippen LogP contribution is 2.36. The molecule has 0 amide bonds. The highest BCUT2D eigenvalue weighted by molar-refractivity contribution is 6.62. The maximum atomic E-state index is 6.15. The first-order valence-electron chi connectivity index (χ1n) is 7.82. The number of ether oxygens (including phenoxy) is 1. The Morgan fingerprint density at radius 1 is 1.10 bits per heavy atom. The Hall–Kier alpha value is -0.835. The summed E-state index contributed by atoms with van der Waals surface area (Å²) >= 11 is 0. The van der Waals surface area contributed by atoms with Crippen LogP contribution in [0.3, 0.4) is 0 Å². The number of hydrogen-bond donors (Lipinski definition) is 0. The Labute approximate surface area is 129 Å². The van der Waals surface area contributed by atoms with Gasteiger partial charge in [-0.25, -0.2) is 0 Å². The van der Waals surface area contributed by atoms with E-state index in [1.807, 2.05) is 12.1 Å². The van der Waals surface area contributed by atoms with Crippen LogP contribution in [0, 0.1) is 0 Å². The third-order valence-electron chi connectivity index (χ3n) is 4.66. The second-order valence-corrected chi connectivity index (χ2v) is 6.82. The van der Waals surface area contributed by atoms with Gasteiger partial charge in [-0.2, -0.15) is 0 Å². The molecule has 0 spiro atoms. The van der Waals surface area contributed by atoms with Gasteiger partial charge in [0.2, 0.25) is 0 Å². The molecule has 4 heteroatoms. The molecule has 1 heterocycles. The summed E-state index contributed by atoms with van der Waals surface area (Å²) in [5.74, 6) is 0. The van der Waals surface area contributed by atoms with E-state index in [2.05, 4.69) is 53.7 Å². The van der Waals surface area contributed by atoms with Crippen molar-refractivity contribution < 1.29 is 14.0 Å². The maximum Gasteiger partial charge on any atom is 0.495 e. The third-order valence-corrected chi connectivity index (χ3v) is 4.66. The summed E-state index contributed by atoms with van der Waals surface area (Å²) in [5, 5.41) is 0. The molecule has 0 aromatic heterocycles.